The van der Waals surface area contributed by atoms with Crippen LogP contribution in [0.3, 0.4) is 0 Å². The molecule has 0 unspecified atom stereocenters. The Balaban J connectivity index is 1.33. The van der Waals surface area contributed by atoms with Gasteiger partial charge in [0.1, 0.15) is 0 Å². The van der Waals surface area contributed by atoms with Gasteiger partial charge in [-0.3, -0.25) is 14.5 Å². The Hall–Kier alpha value is -1.04. The van der Waals surface area contributed by atoms with Crippen LogP contribution < -0.4 is 0 Å². The molecule has 1 aliphatic heterocycles. The molecule has 5 fully saturated rings. The maximum absolute atomic E-state index is 14.5. The van der Waals surface area contributed by atoms with E-state index in [9.17, 15) is 14.7 Å². The Morgan fingerprint density at radius 3 is 2.24 bits per heavy atom. The average Bonchev–Trinajstić information content (AvgIpc) is 2.90. The Bertz CT molecular complexity index is 1140. The van der Waals surface area contributed by atoms with Crippen molar-refractivity contribution in [3.8, 4) is 0 Å². The van der Waals surface area contributed by atoms with E-state index in [2.05, 4.69) is 71.4 Å². The van der Waals surface area contributed by atoms with Crippen molar-refractivity contribution in [2.75, 3.05) is 39.8 Å². The second-order valence-corrected chi connectivity index (χ2v) is 17.6. The molecular formula is C36H58N2O3. The number of hydrogen-bond donors (Lipinski definition) is 1. The molecule has 1 N–H and O–H groups in total. The topological polar surface area (TPSA) is 60.9 Å². The number of ketones is 2. The molecule has 4 saturated carbocycles. The molecule has 230 valence electrons. The molecule has 0 aromatic rings. The fourth-order valence-corrected chi connectivity index (χ4v) is 11.8. The van der Waals surface area contributed by atoms with Crippen LogP contribution in [0.5, 0.6) is 0 Å². The van der Waals surface area contributed by atoms with Crippen LogP contribution in [0.4, 0.5) is 0 Å². The summed E-state index contributed by atoms with van der Waals surface area (Å²) >= 11 is 0. The maximum Gasteiger partial charge on any atom is 0.159 e. The predicted octanol–water partition coefficient (Wildman–Crippen LogP) is 6.14. The number of nitrogens with zero attached hydrogens (tertiary/aromatic N) is 2. The van der Waals surface area contributed by atoms with Gasteiger partial charge in [0.2, 0.25) is 0 Å². The second-order valence-electron chi connectivity index (χ2n) is 17.6. The van der Waals surface area contributed by atoms with Crippen LogP contribution in [-0.4, -0.2) is 72.3 Å². The van der Waals surface area contributed by atoms with E-state index < -0.39 is 0 Å². The van der Waals surface area contributed by atoms with Gasteiger partial charge in [-0.1, -0.05) is 54.0 Å². The lowest BCUT2D eigenvalue weighted by molar-refractivity contribution is -0.202. The summed E-state index contributed by atoms with van der Waals surface area (Å²) in [7, 11) is 2.16. The molecule has 9 atom stereocenters. The van der Waals surface area contributed by atoms with E-state index in [-0.39, 0.29) is 44.5 Å². The quantitative estimate of drug-likeness (QED) is 0.444. The second kappa shape index (κ2) is 9.48. The lowest BCUT2D eigenvalue weighted by atomic mass is 9.33. The van der Waals surface area contributed by atoms with Gasteiger partial charge in [0.15, 0.2) is 11.6 Å². The molecule has 41 heavy (non-hydrogen) atoms. The molecule has 0 aromatic heterocycles. The number of likely N-dealkylation sites (N-methyl/N-ethyl adjacent to an activating group) is 1. The number of fused-ring (bicyclic) bond motifs is 7. The first-order valence-electron chi connectivity index (χ1n) is 16.9. The molecule has 5 aliphatic carbocycles. The highest BCUT2D eigenvalue weighted by Gasteiger charge is 2.70. The van der Waals surface area contributed by atoms with Crippen LogP contribution in [0.15, 0.2) is 11.6 Å². The summed E-state index contributed by atoms with van der Waals surface area (Å²) in [6, 6.07) is 0. The molecule has 1 heterocycles. The SMILES string of the molecule is CN1CCN(CC(=O)[C@@]2(C)CC[C@]3(C)CC[C@]4(C)C(=CC(=O)[C@@H]5[C@@]6(C)CC[C@H](O)C(C)(C)[C@@H]6CC[C@]54C)[C@@H]3C2)CC1. The molecule has 0 aromatic carbocycles. The van der Waals surface area contributed by atoms with Crippen molar-refractivity contribution in [2.24, 2.45) is 50.2 Å². The van der Waals surface area contributed by atoms with Gasteiger partial charge in [-0.25, -0.2) is 0 Å². The summed E-state index contributed by atoms with van der Waals surface area (Å²) in [5.74, 6) is 1.43. The van der Waals surface area contributed by atoms with Gasteiger partial charge >= 0.3 is 0 Å². The van der Waals surface area contributed by atoms with Gasteiger partial charge < -0.3 is 10.0 Å². The molecule has 6 rings (SSSR count). The number of allylic oxidation sites excluding steroid dienone is 2. The Morgan fingerprint density at radius 2 is 1.56 bits per heavy atom. The third-order valence-corrected chi connectivity index (χ3v) is 15.2. The van der Waals surface area contributed by atoms with Crippen LogP contribution in [0.1, 0.15) is 106 Å². The number of carbonyl (C=O) groups is 2. The molecular weight excluding hydrogens is 508 g/mol. The molecule has 0 bridgehead atoms. The highest BCUT2D eigenvalue weighted by molar-refractivity contribution is 5.96. The average molecular weight is 567 g/mol. The van der Waals surface area contributed by atoms with Crippen molar-refractivity contribution in [3.05, 3.63) is 11.6 Å². The van der Waals surface area contributed by atoms with E-state index >= 15 is 0 Å². The number of hydrogen-bond acceptors (Lipinski definition) is 5. The van der Waals surface area contributed by atoms with E-state index in [1.54, 1.807) is 0 Å². The largest absolute Gasteiger partial charge is 0.393 e. The van der Waals surface area contributed by atoms with Gasteiger partial charge in [0.25, 0.3) is 0 Å². The van der Waals surface area contributed by atoms with Crippen LogP contribution >= 0.6 is 0 Å². The zero-order valence-corrected chi connectivity index (χ0v) is 27.4. The van der Waals surface area contributed by atoms with Gasteiger partial charge in [-0.15, -0.1) is 0 Å². The van der Waals surface area contributed by atoms with E-state index in [0.717, 1.165) is 77.5 Å². The fourth-order valence-electron chi connectivity index (χ4n) is 11.8. The summed E-state index contributed by atoms with van der Waals surface area (Å²) in [5.41, 5.74) is 0.879. The molecule has 5 nitrogen and oxygen atoms in total. The summed E-state index contributed by atoms with van der Waals surface area (Å²) < 4.78 is 0. The van der Waals surface area contributed by atoms with Crippen LogP contribution in [0.25, 0.3) is 0 Å². The molecule has 0 spiro atoms. The van der Waals surface area contributed by atoms with Crippen LogP contribution in [0.2, 0.25) is 0 Å². The third kappa shape index (κ3) is 4.17. The number of carbonyl (C=O) groups excluding carboxylic acids is 2. The molecule has 6 aliphatic rings. The minimum atomic E-state index is -0.319. The van der Waals surface area contributed by atoms with E-state index in [1.165, 1.54) is 12.0 Å². The lowest BCUT2D eigenvalue weighted by Gasteiger charge is -2.70. The minimum absolute atomic E-state index is 0.00692. The normalized spacial score (nSPS) is 50.2. The predicted molar refractivity (Wildman–Crippen MR) is 164 cm³/mol. The summed E-state index contributed by atoms with van der Waals surface area (Å²) in [6.07, 6.45) is 11.0. The lowest BCUT2D eigenvalue weighted by Crippen LogP contribution is -2.66. The third-order valence-electron chi connectivity index (χ3n) is 15.2. The van der Waals surface area contributed by atoms with Crippen molar-refractivity contribution in [1.82, 2.24) is 9.80 Å². The number of piperazine rings is 1. The first-order chi connectivity index (χ1) is 19.0. The van der Waals surface area contributed by atoms with Gasteiger partial charge in [0.05, 0.1) is 12.6 Å². The van der Waals surface area contributed by atoms with Crippen molar-refractivity contribution in [1.29, 1.82) is 0 Å². The molecule has 0 radical (unpaired) electrons. The van der Waals surface area contributed by atoms with Crippen molar-refractivity contribution < 1.29 is 14.7 Å². The van der Waals surface area contributed by atoms with E-state index in [4.69, 9.17) is 0 Å². The van der Waals surface area contributed by atoms with Gasteiger partial charge in [-0.05, 0) is 110 Å². The summed E-state index contributed by atoms with van der Waals surface area (Å²) in [6.45, 7) is 21.2. The van der Waals surface area contributed by atoms with Gasteiger partial charge in [-0.2, -0.15) is 0 Å². The molecule has 5 heteroatoms. The first kappa shape index (κ1) is 30.0. The number of aliphatic hydroxyl groups is 1. The highest BCUT2D eigenvalue weighted by atomic mass is 16.3. The standard InChI is InChI=1S/C36H58N2O3/c1-31(2)27-9-12-36(7)30(34(27,5)11-10-28(31)40)26(39)21-24-25-22-33(4,14-13-32(25,3)15-16-35(24,36)6)29(41)23-38-19-17-37(8)18-20-38/h21,25,27-28,30,40H,9-20,22-23H2,1-8H3/t25-,27-,28-,30+,32+,33-,34-,35+,36+/m0/s1. The minimum Gasteiger partial charge on any atom is -0.393 e. The van der Waals surface area contributed by atoms with Gasteiger partial charge in [0, 0.05) is 37.5 Å². The monoisotopic (exact) mass is 566 g/mol. The number of Topliss-reactive ketones (excluding diaryl/α,β-unsaturated/α-hetero) is 1. The zero-order chi connectivity index (χ0) is 29.8. The van der Waals surface area contributed by atoms with Crippen molar-refractivity contribution in [2.45, 2.75) is 112 Å². The van der Waals surface area contributed by atoms with Crippen molar-refractivity contribution in [3.63, 3.8) is 0 Å². The summed E-state index contributed by atoms with van der Waals surface area (Å²) in [4.78, 5) is 33.2. The first-order valence-corrected chi connectivity index (χ1v) is 16.9. The Morgan fingerprint density at radius 1 is 0.902 bits per heavy atom. The smallest absolute Gasteiger partial charge is 0.159 e. The summed E-state index contributed by atoms with van der Waals surface area (Å²) in [5, 5.41) is 11.0. The number of rotatable bonds is 3. The molecule has 0 amide bonds. The maximum atomic E-state index is 14.5. The Labute approximate surface area is 249 Å². The van der Waals surface area contributed by atoms with E-state index in [1.807, 2.05) is 0 Å². The fraction of sp³-hybridized carbons (Fsp3) is 0.889. The van der Waals surface area contributed by atoms with Crippen LogP contribution in [-0.2, 0) is 9.59 Å². The molecule has 1 saturated heterocycles. The van der Waals surface area contributed by atoms with Crippen molar-refractivity contribution >= 4 is 11.6 Å². The van der Waals surface area contributed by atoms with E-state index in [0.29, 0.717) is 29.9 Å². The number of aliphatic hydroxyl groups excluding tert-OH is 1. The zero-order valence-electron chi connectivity index (χ0n) is 27.4. The Kier molecular flexibility index (Phi) is 6.94. The van der Waals surface area contributed by atoms with Crippen LogP contribution in [0, 0.1) is 50.2 Å². The highest BCUT2D eigenvalue weighted by Crippen LogP contribution is 2.75.